The van der Waals surface area contributed by atoms with E-state index in [4.69, 9.17) is 18.9 Å². The van der Waals surface area contributed by atoms with Crippen molar-refractivity contribution in [1.29, 1.82) is 0 Å². The molecule has 0 unspecified atom stereocenters. The van der Waals surface area contributed by atoms with Gasteiger partial charge in [0.2, 0.25) is 0 Å². The summed E-state index contributed by atoms with van der Waals surface area (Å²) in [5, 5.41) is 0. The number of ether oxygens (including phenoxy) is 4. The Hall–Kier alpha value is -3.91. The van der Waals surface area contributed by atoms with E-state index in [2.05, 4.69) is 12.1 Å². The van der Waals surface area contributed by atoms with Crippen LogP contribution >= 0.6 is 0 Å². The summed E-state index contributed by atoms with van der Waals surface area (Å²) in [6.45, 7) is 0.126. The monoisotopic (exact) mass is 485 g/mol. The van der Waals surface area contributed by atoms with E-state index in [0.717, 1.165) is 27.8 Å². The Balaban J connectivity index is 1.31. The molecule has 4 heterocycles. The van der Waals surface area contributed by atoms with Crippen molar-refractivity contribution in [2.45, 2.75) is 30.9 Å². The van der Waals surface area contributed by atoms with E-state index < -0.39 is 30.1 Å². The predicted molar refractivity (Wildman–Crippen MR) is 124 cm³/mol. The van der Waals surface area contributed by atoms with Gasteiger partial charge in [0.1, 0.15) is 18.8 Å². The Morgan fingerprint density at radius 2 is 1.33 bits per heavy atom. The number of nitrogens with zero attached hydrogens (tertiary/aromatic N) is 1. The van der Waals surface area contributed by atoms with Crippen LogP contribution in [0.15, 0.2) is 65.8 Å². The van der Waals surface area contributed by atoms with Crippen LogP contribution in [0.1, 0.15) is 52.1 Å². The van der Waals surface area contributed by atoms with Gasteiger partial charge in [-0.3, -0.25) is 4.90 Å². The van der Waals surface area contributed by atoms with Gasteiger partial charge in [0.05, 0.1) is 37.4 Å². The van der Waals surface area contributed by atoms with Gasteiger partial charge in [0, 0.05) is 11.8 Å². The van der Waals surface area contributed by atoms with Gasteiger partial charge < -0.3 is 18.9 Å². The maximum absolute atomic E-state index is 13.6. The van der Waals surface area contributed by atoms with Crippen molar-refractivity contribution in [2.24, 2.45) is 11.8 Å². The zero-order valence-corrected chi connectivity index (χ0v) is 19.7. The second-order valence-electron chi connectivity index (χ2n) is 9.67. The molecule has 0 aromatic heterocycles. The molecule has 0 saturated carbocycles. The van der Waals surface area contributed by atoms with Crippen molar-refractivity contribution in [3.63, 3.8) is 0 Å². The number of hydrogen-bond acceptors (Lipinski definition) is 7. The standard InChI is InChI=1S/C28H23NO7/c1-33-26(30)22-20-21(23(22)27(31)34-2)25-17-11-15-14(18-8-9-19(15)36-18)10-16(17)24(20)29(25)28(32)35-12-13-6-4-3-5-7-13/h3-11,18-21,24-25H,12H2,1-2H3/t18-,19+,20+,21-,24+,25-. The highest BCUT2D eigenvalue weighted by Gasteiger charge is 2.68. The van der Waals surface area contributed by atoms with Crippen molar-refractivity contribution in [1.82, 2.24) is 4.90 Å². The molecule has 4 aliphatic heterocycles. The predicted octanol–water partition coefficient (Wildman–Crippen LogP) is 4.01. The zero-order valence-electron chi connectivity index (χ0n) is 19.7. The Bertz CT molecular complexity index is 1320. The normalized spacial score (nSPS) is 29.4. The van der Waals surface area contributed by atoms with Crippen LogP contribution < -0.4 is 0 Å². The summed E-state index contributed by atoms with van der Waals surface area (Å²) in [7, 11) is 2.58. The molecule has 6 atom stereocenters. The van der Waals surface area contributed by atoms with Crippen LogP contribution in [0.2, 0.25) is 0 Å². The molecule has 8 nitrogen and oxygen atoms in total. The van der Waals surface area contributed by atoms with Crippen LogP contribution in [-0.2, 0) is 35.1 Å². The summed E-state index contributed by atoms with van der Waals surface area (Å²) in [4.78, 5) is 40.8. The SMILES string of the molecule is COC(=O)C1=C(C(=O)OC)[C@H]2[C@@H]1[C@@H]1c3cc4c(cc3[C@H]2N1C(=O)OCc1ccccc1)[C@@H]1C=C[C@H]4O1. The molecule has 182 valence electrons. The quantitative estimate of drug-likeness (QED) is 0.367. The molecule has 5 aliphatic rings. The number of carbonyl (C=O) groups is 3. The van der Waals surface area contributed by atoms with Crippen LogP contribution in [0.3, 0.4) is 0 Å². The van der Waals surface area contributed by atoms with E-state index >= 15 is 0 Å². The summed E-state index contributed by atoms with van der Waals surface area (Å²) in [5.41, 5.74) is 5.54. The van der Waals surface area contributed by atoms with E-state index in [-0.39, 0.29) is 41.8 Å². The van der Waals surface area contributed by atoms with E-state index in [1.54, 1.807) is 4.90 Å². The number of esters is 2. The van der Waals surface area contributed by atoms with E-state index in [1.165, 1.54) is 14.2 Å². The number of carbonyl (C=O) groups excluding carboxylic acids is 3. The van der Waals surface area contributed by atoms with E-state index in [0.29, 0.717) is 0 Å². The largest absolute Gasteiger partial charge is 0.466 e. The van der Waals surface area contributed by atoms with Crippen molar-refractivity contribution in [3.8, 4) is 0 Å². The van der Waals surface area contributed by atoms with Crippen molar-refractivity contribution in [3.05, 3.63) is 93.6 Å². The van der Waals surface area contributed by atoms with Gasteiger partial charge in [-0.15, -0.1) is 0 Å². The third kappa shape index (κ3) is 2.65. The Morgan fingerprint density at radius 3 is 1.83 bits per heavy atom. The third-order valence-electron chi connectivity index (χ3n) is 8.14. The average Bonchev–Trinajstić information content (AvgIpc) is 3.64. The Kier molecular flexibility index (Phi) is 4.48. The van der Waals surface area contributed by atoms with Crippen LogP contribution in [0, 0.1) is 11.8 Å². The second kappa shape index (κ2) is 7.54. The van der Waals surface area contributed by atoms with Gasteiger partial charge in [-0.05, 0) is 27.8 Å². The lowest BCUT2D eigenvalue weighted by atomic mass is 9.59. The molecular weight excluding hydrogens is 462 g/mol. The first-order valence-corrected chi connectivity index (χ1v) is 11.9. The molecule has 1 saturated heterocycles. The highest BCUT2D eigenvalue weighted by Crippen LogP contribution is 2.69. The molecule has 0 N–H and O–H groups in total. The number of benzene rings is 2. The molecular formula is C28H23NO7. The highest BCUT2D eigenvalue weighted by atomic mass is 16.6. The molecule has 2 aromatic carbocycles. The van der Waals surface area contributed by atoms with Crippen molar-refractivity contribution in [2.75, 3.05) is 14.2 Å². The van der Waals surface area contributed by atoms with Crippen LogP contribution in [0.4, 0.5) is 4.79 Å². The number of methoxy groups -OCH3 is 2. The lowest BCUT2D eigenvalue weighted by Gasteiger charge is -2.41. The minimum absolute atomic E-state index is 0.105. The lowest BCUT2D eigenvalue weighted by molar-refractivity contribution is -0.142. The number of rotatable bonds is 4. The lowest BCUT2D eigenvalue weighted by Crippen LogP contribution is -2.42. The summed E-state index contributed by atoms with van der Waals surface area (Å²) < 4.78 is 21.8. The van der Waals surface area contributed by atoms with Gasteiger partial charge in [0.15, 0.2) is 0 Å². The van der Waals surface area contributed by atoms with E-state index in [1.807, 2.05) is 42.5 Å². The Morgan fingerprint density at radius 1 is 0.806 bits per heavy atom. The molecule has 4 bridgehead atoms. The van der Waals surface area contributed by atoms with E-state index in [9.17, 15) is 14.4 Å². The van der Waals surface area contributed by atoms with Crippen LogP contribution in [0.5, 0.6) is 0 Å². The summed E-state index contributed by atoms with van der Waals surface area (Å²) in [6, 6.07) is 12.8. The highest BCUT2D eigenvalue weighted by molar-refractivity contribution is 6.05. The van der Waals surface area contributed by atoms with Crippen LogP contribution in [0.25, 0.3) is 0 Å². The molecule has 8 heteroatoms. The molecule has 1 aliphatic carbocycles. The van der Waals surface area contributed by atoms with Gasteiger partial charge in [-0.25, -0.2) is 14.4 Å². The fraction of sp³-hybridized carbons (Fsp3) is 0.321. The minimum atomic E-state index is -0.574. The first-order valence-electron chi connectivity index (χ1n) is 11.9. The van der Waals surface area contributed by atoms with Gasteiger partial charge >= 0.3 is 18.0 Å². The molecule has 1 fully saturated rings. The first-order chi connectivity index (χ1) is 17.5. The maximum Gasteiger partial charge on any atom is 0.411 e. The Labute approximate surface area is 207 Å². The minimum Gasteiger partial charge on any atom is -0.466 e. The molecule has 0 spiro atoms. The fourth-order valence-corrected chi connectivity index (χ4v) is 6.75. The number of hydrogen-bond donors (Lipinski definition) is 0. The molecule has 7 rings (SSSR count). The van der Waals surface area contributed by atoms with Gasteiger partial charge in [-0.2, -0.15) is 0 Å². The van der Waals surface area contributed by atoms with Crippen molar-refractivity contribution >= 4 is 18.0 Å². The number of amides is 1. The number of fused-ring (bicyclic) bond motifs is 13. The summed E-state index contributed by atoms with van der Waals surface area (Å²) in [6.07, 6.45) is 3.39. The molecule has 1 amide bonds. The molecule has 0 radical (unpaired) electrons. The first kappa shape index (κ1) is 21.4. The summed E-state index contributed by atoms with van der Waals surface area (Å²) in [5.74, 6) is -1.90. The van der Waals surface area contributed by atoms with Gasteiger partial charge in [0.25, 0.3) is 0 Å². The zero-order chi connectivity index (χ0) is 24.7. The van der Waals surface area contributed by atoms with Gasteiger partial charge in [-0.1, -0.05) is 54.6 Å². The average molecular weight is 485 g/mol. The van der Waals surface area contributed by atoms with Crippen molar-refractivity contribution < 1.29 is 33.3 Å². The summed E-state index contributed by atoms with van der Waals surface area (Å²) >= 11 is 0. The second-order valence-corrected chi connectivity index (χ2v) is 9.67. The smallest absolute Gasteiger partial charge is 0.411 e. The molecule has 2 aromatic rings. The topological polar surface area (TPSA) is 91.4 Å². The van der Waals surface area contributed by atoms with Crippen LogP contribution in [-0.4, -0.2) is 37.2 Å². The third-order valence-corrected chi connectivity index (χ3v) is 8.14. The fourth-order valence-electron chi connectivity index (χ4n) is 6.75. The maximum atomic E-state index is 13.6. The molecule has 36 heavy (non-hydrogen) atoms.